The molecule has 0 saturated carbocycles. The summed E-state index contributed by atoms with van der Waals surface area (Å²) in [5.41, 5.74) is 7.46. The van der Waals surface area contributed by atoms with E-state index in [1.807, 2.05) is 24.4 Å². The molecule has 0 fully saturated rings. The fourth-order valence-corrected chi connectivity index (χ4v) is 1.52. The van der Waals surface area contributed by atoms with Crippen LogP contribution in [0.1, 0.15) is 0 Å². The van der Waals surface area contributed by atoms with Crippen molar-refractivity contribution in [2.24, 2.45) is 0 Å². The minimum atomic E-state index is 0. The van der Waals surface area contributed by atoms with Crippen molar-refractivity contribution < 1.29 is 9.22 Å². The second kappa shape index (κ2) is 5.46. The molecule has 2 aromatic heterocycles. The van der Waals surface area contributed by atoms with Crippen LogP contribution in [-0.2, 0) is 0 Å². The molecular formula is C12H20ClN4O+. The maximum atomic E-state index is 5.98. The molecule has 0 amide bonds. The predicted molar refractivity (Wildman–Crippen MR) is 75.2 cm³/mol. The summed E-state index contributed by atoms with van der Waals surface area (Å²) in [5, 5.41) is 4.29. The quantitative estimate of drug-likeness (QED) is 0.856. The zero-order valence-corrected chi connectivity index (χ0v) is 11.8. The van der Waals surface area contributed by atoms with Crippen LogP contribution >= 0.6 is 12.4 Å². The van der Waals surface area contributed by atoms with Crippen molar-refractivity contribution in [2.75, 3.05) is 40.0 Å². The first-order valence-corrected chi connectivity index (χ1v) is 5.63. The molecule has 0 bridgehead atoms. The zero-order chi connectivity index (χ0) is 12.5. The molecule has 2 rings (SSSR count). The first-order chi connectivity index (χ1) is 7.97. The van der Waals surface area contributed by atoms with E-state index in [9.17, 15) is 0 Å². The monoisotopic (exact) mass is 271 g/mol. The van der Waals surface area contributed by atoms with Crippen LogP contribution in [0.5, 0.6) is 5.88 Å². The largest absolute Gasteiger partial charge is 0.469 e. The number of halogens is 1. The third-order valence-electron chi connectivity index (χ3n) is 2.55. The summed E-state index contributed by atoms with van der Waals surface area (Å²) < 4.78 is 8.21. The molecule has 5 nitrogen and oxygen atoms in total. The fourth-order valence-electron chi connectivity index (χ4n) is 1.52. The van der Waals surface area contributed by atoms with Gasteiger partial charge in [-0.25, -0.2) is 4.52 Å². The van der Waals surface area contributed by atoms with Crippen LogP contribution in [0.15, 0.2) is 24.4 Å². The van der Waals surface area contributed by atoms with E-state index in [1.165, 1.54) is 0 Å². The number of nitrogen functional groups attached to an aromatic ring is 1. The SMILES string of the molecule is C[N+](C)(C)CCOc1nn2ccccc2c1N.Cl. The van der Waals surface area contributed by atoms with Crippen LogP contribution in [0.25, 0.3) is 5.52 Å². The van der Waals surface area contributed by atoms with Crippen LogP contribution in [-0.4, -0.2) is 48.4 Å². The van der Waals surface area contributed by atoms with E-state index in [4.69, 9.17) is 10.5 Å². The highest BCUT2D eigenvalue weighted by Gasteiger charge is 2.12. The molecule has 100 valence electrons. The summed E-state index contributed by atoms with van der Waals surface area (Å²) in [6, 6.07) is 5.77. The van der Waals surface area contributed by atoms with Crippen molar-refractivity contribution in [2.45, 2.75) is 0 Å². The number of quaternary nitrogens is 1. The fraction of sp³-hybridized carbons (Fsp3) is 0.417. The lowest BCUT2D eigenvalue weighted by Crippen LogP contribution is -2.38. The topological polar surface area (TPSA) is 52.5 Å². The molecule has 2 aromatic rings. The normalized spacial score (nSPS) is 11.3. The number of hydrogen-bond donors (Lipinski definition) is 1. The van der Waals surface area contributed by atoms with Crippen molar-refractivity contribution >= 4 is 23.6 Å². The average molecular weight is 272 g/mol. The number of anilines is 1. The summed E-state index contributed by atoms with van der Waals surface area (Å²) in [6.07, 6.45) is 1.86. The van der Waals surface area contributed by atoms with Crippen molar-refractivity contribution in [3.05, 3.63) is 24.4 Å². The molecule has 0 radical (unpaired) electrons. The number of ether oxygens (including phenoxy) is 1. The minimum absolute atomic E-state index is 0. The Bertz CT molecular complexity index is 518. The van der Waals surface area contributed by atoms with Crippen molar-refractivity contribution in [1.29, 1.82) is 0 Å². The van der Waals surface area contributed by atoms with Crippen molar-refractivity contribution in [1.82, 2.24) is 9.61 Å². The molecule has 0 spiro atoms. The Balaban J connectivity index is 0.00000162. The van der Waals surface area contributed by atoms with Gasteiger partial charge in [0.1, 0.15) is 18.8 Å². The zero-order valence-electron chi connectivity index (χ0n) is 11.0. The molecule has 0 aliphatic heterocycles. The number of nitrogens with two attached hydrogens (primary N) is 1. The van der Waals surface area contributed by atoms with Gasteiger partial charge in [-0.1, -0.05) is 6.07 Å². The first kappa shape index (κ1) is 14.6. The second-order valence-corrected chi connectivity index (χ2v) is 5.11. The van der Waals surface area contributed by atoms with Gasteiger partial charge in [-0.3, -0.25) is 0 Å². The molecule has 0 atom stereocenters. The van der Waals surface area contributed by atoms with E-state index in [1.54, 1.807) is 4.52 Å². The number of aromatic nitrogens is 2. The molecule has 18 heavy (non-hydrogen) atoms. The van der Waals surface area contributed by atoms with E-state index in [0.29, 0.717) is 18.2 Å². The molecule has 2 heterocycles. The van der Waals surface area contributed by atoms with E-state index >= 15 is 0 Å². The van der Waals surface area contributed by atoms with Gasteiger partial charge in [-0.15, -0.1) is 17.5 Å². The van der Waals surface area contributed by atoms with Gasteiger partial charge >= 0.3 is 0 Å². The van der Waals surface area contributed by atoms with E-state index < -0.39 is 0 Å². The predicted octanol–water partition coefficient (Wildman–Crippen LogP) is 1.42. The number of nitrogens with zero attached hydrogens (tertiary/aromatic N) is 3. The molecule has 2 N–H and O–H groups in total. The van der Waals surface area contributed by atoms with Crippen LogP contribution in [0.2, 0.25) is 0 Å². The second-order valence-electron chi connectivity index (χ2n) is 5.11. The summed E-state index contributed by atoms with van der Waals surface area (Å²) >= 11 is 0. The lowest BCUT2D eigenvalue weighted by Gasteiger charge is -2.23. The third kappa shape index (κ3) is 3.27. The molecule has 0 aliphatic rings. The maximum absolute atomic E-state index is 5.98. The summed E-state index contributed by atoms with van der Waals surface area (Å²) in [5.74, 6) is 0.518. The van der Waals surface area contributed by atoms with Crippen LogP contribution in [0, 0.1) is 0 Å². The summed E-state index contributed by atoms with van der Waals surface area (Å²) in [6.45, 7) is 1.52. The number of likely N-dealkylation sites (N-methyl/N-ethyl adjacent to an activating group) is 1. The highest BCUT2D eigenvalue weighted by Crippen LogP contribution is 2.24. The number of fused-ring (bicyclic) bond motifs is 1. The Morgan fingerprint density at radius 2 is 2.06 bits per heavy atom. The van der Waals surface area contributed by atoms with Gasteiger partial charge in [0.25, 0.3) is 5.88 Å². The Kier molecular flexibility index (Phi) is 4.43. The number of rotatable bonds is 4. The average Bonchev–Trinajstić information content (AvgIpc) is 2.55. The molecular weight excluding hydrogens is 252 g/mol. The van der Waals surface area contributed by atoms with Gasteiger partial charge in [0.05, 0.1) is 26.7 Å². The Morgan fingerprint density at radius 3 is 2.67 bits per heavy atom. The Hall–Kier alpha value is -1.46. The summed E-state index contributed by atoms with van der Waals surface area (Å²) in [7, 11) is 6.36. The maximum Gasteiger partial charge on any atom is 0.257 e. The van der Waals surface area contributed by atoms with Gasteiger partial charge in [0.2, 0.25) is 0 Å². The van der Waals surface area contributed by atoms with Crippen LogP contribution in [0.3, 0.4) is 0 Å². The molecule has 6 heteroatoms. The first-order valence-electron chi connectivity index (χ1n) is 5.63. The molecule has 0 saturated heterocycles. The highest BCUT2D eigenvalue weighted by molar-refractivity contribution is 5.85. The van der Waals surface area contributed by atoms with E-state index in [0.717, 1.165) is 16.5 Å². The van der Waals surface area contributed by atoms with Gasteiger partial charge in [0.15, 0.2) is 0 Å². The lowest BCUT2D eigenvalue weighted by atomic mass is 10.4. The van der Waals surface area contributed by atoms with E-state index in [-0.39, 0.29) is 12.4 Å². The Labute approximate surface area is 113 Å². The molecule has 0 unspecified atom stereocenters. The van der Waals surface area contributed by atoms with Gasteiger partial charge < -0.3 is 15.0 Å². The van der Waals surface area contributed by atoms with Crippen LogP contribution < -0.4 is 10.5 Å². The number of hydrogen-bond acceptors (Lipinski definition) is 3. The summed E-state index contributed by atoms with van der Waals surface area (Å²) in [4.78, 5) is 0. The van der Waals surface area contributed by atoms with Gasteiger partial charge in [-0.2, -0.15) is 0 Å². The van der Waals surface area contributed by atoms with Gasteiger partial charge in [-0.05, 0) is 12.1 Å². The smallest absolute Gasteiger partial charge is 0.257 e. The van der Waals surface area contributed by atoms with E-state index in [2.05, 4.69) is 26.2 Å². The Morgan fingerprint density at radius 1 is 1.33 bits per heavy atom. The minimum Gasteiger partial charge on any atom is -0.469 e. The standard InChI is InChI=1S/C12H19N4O.ClH/c1-16(2,3)8-9-17-12-11(13)10-6-4-5-7-15(10)14-12;/h4-7H,8-9,13H2,1-3H3;1H/q+1;. The molecule has 0 aliphatic carbocycles. The highest BCUT2D eigenvalue weighted by atomic mass is 35.5. The van der Waals surface area contributed by atoms with Crippen molar-refractivity contribution in [3.8, 4) is 5.88 Å². The lowest BCUT2D eigenvalue weighted by molar-refractivity contribution is -0.870. The van der Waals surface area contributed by atoms with Crippen LogP contribution in [0.4, 0.5) is 5.69 Å². The third-order valence-corrected chi connectivity index (χ3v) is 2.55. The number of pyridine rings is 1. The molecule has 0 aromatic carbocycles. The van der Waals surface area contributed by atoms with Crippen molar-refractivity contribution in [3.63, 3.8) is 0 Å². The van der Waals surface area contributed by atoms with Gasteiger partial charge in [0, 0.05) is 6.20 Å².